The highest BCUT2D eigenvalue weighted by Crippen LogP contribution is 2.27. The normalized spacial score (nSPS) is 15.5. The monoisotopic (exact) mass is 250 g/mol. The Kier molecular flexibility index (Phi) is 4.04. The van der Waals surface area contributed by atoms with E-state index < -0.39 is 0 Å². The Balaban J connectivity index is 2.25. The number of carbonyl (C=O) groups is 1. The summed E-state index contributed by atoms with van der Waals surface area (Å²) in [4.78, 5) is 14.1. The molecule has 1 fully saturated rings. The summed E-state index contributed by atoms with van der Waals surface area (Å²) in [7, 11) is 0. The van der Waals surface area contributed by atoms with Crippen LogP contribution >= 0.6 is 0 Å². The summed E-state index contributed by atoms with van der Waals surface area (Å²) < 4.78 is 10.7. The average molecular weight is 250 g/mol. The van der Waals surface area contributed by atoms with Gasteiger partial charge in [0.25, 0.3) is 5.91 Å². The largest absolute Gasteiger partial charge is 0.491 e. The summed E-state index contributed by atoms with van der Waals surface area (Å²) in [6.45, 7) is 4.74. The Morgan fingerprint density at radius 3 is 2.83 bits per heavy atom. The van der Waals surface area contributed by atoms with Crippen molar-refractivity contribution in [1.29, 1.82) is 0 Å². The predicted octanol–water partition coefficient (Wildman–Crippen LogP) is 1.14. The van der Waals surface area contributed by atoms with Gasteiger partial charge in [-0.05, 0) is 19.1 Å². The second-order valence-corrected chi connectivity index (χ2v) is 4.06. The SMILES string of the molecule is CCOc1c(N)cccc1C(=O)N1CCOCC1. The van der Waals surface area contributed by atoms with E-state index >= 15 is 0 Å². The van der Waals surface area contributed by atoms with E-state index in [9.17, 15) is 4.79 Å². The number of hydrogen-bond donors (Lipinski definition) is 1. The Morgan fingerprint density at radius 2 is 2.17 bits per heavy atom. The minimum atomic E-state index is -0.0472. The second kappa shape index (κ2) is 5.73. The van der Waals surface area contributed by atoms with Crippen molar-refractivity contribution < 1.29 is 14.3 Å². The summed E-state index contributed by atoms with van der Waals surface area (Å²) in [5.74, 6) is 0.436. The van der Waals surface area contributed by atoms with Crippen molar-refractivity contribution >= 4 is 11.6 Å². The lowest BCUT2D eigenvalue weighted by Crippen LogP contribution is -2.40. The summed E-state index contributed by atoms with van der Waals surface area (Å²) in [6, 6.07) is 5.26. The Morgan fingerprint density at radius 1 is 1.44 bits per heavy atom. The van der Waals surface area contributed by atoms with E-state index in [4.69, 9.17) is 15.2 Å². The van der Waals surface area contributed by atoms with Crippen LogP contribution in [0.3, 0.4) is 0 Å². The number of nitrogen functional groups attached to an aromatic ring is 1. The number of anilines is 1. The fourth-order valence-corrected chi connectivity index (χ4v) is 1.97. The molecule has 5 nitrogen and oxygen atoms in total. The second-order valence-electron chi connectivity index (χ2n) is 4.06. The van der Waals surface area contributed by atoms with E-state index in [-0.39, 0.29) is 5.91 Å². The molecular formula is C13H18N2O3. The third kappa shape index (κ3) is 2.56. The topological polar surface area (TPSA) is 64.8 Å². The van der Waals surface area contributed by atoms with Crippen LogP contribution in [0.4, 0.5) is 5.69 Å². The quantitative estimate of drug-likeness (QED) is 0.817. The van der Waals surface area contributed by atoms with Crippen LogP contribution in [0.15, 0.2) is 18.2 Å². The van der Waals surface area contributed by atoms with Gasteiger partial charge in [0, 0.05) is 13.1 Å². The van der Waals surface area contributed by atoms with Gasteiger partial charge in [0.1, 0.15) is 0 Å². The van der Waals surface area contributed by atoms with Crippen LogP contribution in [0.5, 0.6) is 5.75 Å². The molecule has 98 valence electrons. The molecule has 1 heterocycles. The van der Waals surface area contributed by atoms with Gasteiger partial charge < -0.3 is 20.1 Å². The molecule has 0 aromatic heterocycles. The van der Waals surface area contributed by atoms with Crippen molar-refractivity contribution in [2.24, 2.45) is 0 Å². The van der Waals surface area contributed by atoms with Crippen LogP contribution in [-0.2, 0) is 4.74 Å². The molecule has 0 atom stereocenters. The number of rotatable bonds is 3. The maximum absolute atomic E-state index is 12.4. The van der Waals surface area contributed by atoms with Gasteiger partial charge >= 0.3 is 0 Å². The fourth-order valence-electron chi connectivity index (χ4n) is 1.97. The summed E-state index contributed by atoms with van der Waals surface area (Å²) in [6.07, 6.45) is 0. The van der Waals surface area contributed by atoms with Crippen LogP contribution in [0.25, 0.3) is 0 Å². The molecule has 1 aliphatic rings. The molecule has 18 heavy (non-hydrogen) atoms. The fraction of sp³-hybridized carbons (Fsp3) is 0.462. The van der Waals surface area contributed by atoms with Crippen molar-refractivity contribution in [1.82, 2.24) is 4.90 Å². The van der Waals surface area contributed by atoms with Gasteiger partial charge in [-0.25, -0.2) is 0 Å². The highest BCUT2D eigenvalue weighted by Gasteiger charge is 2.22. The zero-order valence-electron chi connectivity index (χ0n) is 10.5. The number of ether oxygens (including phenoxy) is 2. The number of nitrogens with zero attached hydrogens (tertiary/aromatic N) is 1. The Labute approximate surface area is 106 Å². The maximum atomic E-state index is 12.4. The Bertz CT molecular complexity index is 428. The van der Waals surface area contributed by atoms with E-state index in [2.05, 4.69) is 0 Å². The highest BCUT2D eigenvalue weighted by molar-refractivity contribution is 5.98. The van der Waals surface area contributed by atoms with E-state index in [0.29, 0.717) is 49.9 Å². The molecule has 5 heteroatoms. The molecule has 2 rings (SSSR count). The molecule has 0 unspecified atom stereocenters. The number of amides is 1. The minimum absolute atomic E-state index is 0.0472. The van der Waals surface area contributed by atoms with Gasteiger partial charge in [0.15, 0.2) is 5.75 Å². The van der Waals surface area contributed by atoms with Crippen molar-refractivity contribution in [3.05, 3.63) is 23.8 Å². The summed E-state index contributed by atoms with van der Waals surface area (Å²) in [5, 5.41) is 0. The van der Waals surface area contributed by atoms with Crippen molar-refractivity contribution in [2.75, 3.05) is 38.6 Å². The summed E-state index contributed by atoms with van der Waals surface area (Å²) >= 11 is 0. The molecule has 0 bridgehead atoms. The van der Waals surface area contributed by atoms with E-state index in [1.165, 1.54) is 0 Å². The molecular weight excluding hydrogens is 232 g/mol. The van der Waals surface area contributed by atoms with E-state index in [0.717, 1.165) is 0 Å². The first-order valence-corrected chi connectivity index (χ1v) is 6.12. The average Bonchev–Trinajstić information content (AvgIpc) is 2.41. The van der Waals surface area contributed by atoms with Crippen molar-refractivity contribution in [3.63, 3.8) is 0 Å². The van der Waals surface area contributed by atoms with Crippen LogP contribution in [0.1, 0.15) is 17.3 Å². The zero-order chi connectivity index (χ0) is 13.0. The number of morpholine rings is 1. The molecule has 1 aromatic rings. The van der Waals surface area contributed by atoms with Gasteiger partial charge in [-0.15, -0.1) is 0 Å². The lowest BCUT2D eigenvalue weighted by Gasteiger charge is -2.27. The van der Waals surface area contributed by atoms with Gasteiger partial charge in [0.05, 0.1) is 31.1 Å². The molecule has 1 saturated heterocycles. The lowest BCUT2D eigenvalue weighted by molar-refractivity contribution is 0.0300. The number of carbonyl (C=O) groups excluding carboxylic acids is 1. The third-order valence-electron chi connectivity index (χ3n) is 2.86. The first-order chi connectivity index (χ1) is 8.74. The maximum Gasteiger partial charge on any atom is 0.257 e. The molecule has 2 N–H and O–H groups in total. The molecule has 0 spiro atoms. The lowest BCUT2D eigenvalue weighted by atomic mass is 10.1. The van der Waals surface area contributed by atoms with Crippen LogP contribution in [-0.4, -0.2) is 43.7 Å². The third-order valence-corrected chi connectivity index (χ3v) is 2.86. The first kappa shape index (κ1) is 12.7. The van der Waals surface area contributed by atoms with Gasteiger partial charge in [-0.3, -0.25) is 4.79 Å². The Hall–Kier alpha value is -1.75. The molecule has 0 saturated carbocycles. The number of para-hydroxylation sites is 1. The number of hydrogen-bond acceptors (Lipinski definition) is 4. The van der Waals surface area contributed by atoms with Gasteiger partial charge in [-0.2, -0.15) is 0 Å². The smallest absolute Gasteiger partial charge is 0.257 e. The first-order valence-electron chi connectivity index (χ1n) is 6.12. The molecule has 1 aromatic carbocycles. The van der Waals surface area contributed by atoms with Gasteiger partial charge in [-0.1, -0.05) is 6.07 Å². The van der Waals surface area contributed by atoms with Crippen LogP contribution in [0, 0.1) is 0 Å². The predicted molar refractivity (Wildman–Crippen MR) is 68.7 cm³/mol. The summed E-state index contributed by atoms with van der Waals surface area (Å²) in [5.41, 5.74) is 6.88. The molecule has 1 aliphatic heterocycles. The van der Waals surface area contributed by atoms with Crippen LogP contribution in [0.2, 0.25) is 0 Å². The highest BCUT2D eigenvalue weighted by atomic mass is 16.5. The minimum Gasteiger partial charge on any atom is -0.491 e. The van der Waals surface area contributed by atoms with E-state index in [1.807, 2.05) is 6.92 Å². The van der Waals surface area contributed by atoms with Crippen molar-refractivity contribution in [3.8, 4) is 5.75 Å². The molecule has 0 radical (unpaired) electrons. The number of nitrogens with two attached hydrogens (primary N) is 1. The van der Waals surface area contributed by atoms with Gasteiger partial charge in [0.2, 0.25) is 0 Å². The van der Waals surface area contributed by atoms with E-state index in [1.54, 1.807) is 23.1 Å². The molecule has 0 aliphatic carbocycles. The van der Waals surface area contributed by atoms with Crippen molar-refractivity contribution in [2.45, 2.75) is 6.92 Å². The zero-order valence-corrected chi connectivity index (χ0v) is 10.5. The standard InChI is InChI=1S/C13H18N2O3/c1-2-18-12-10(4-3-5-11(12)14)13(16)15-6-8-17-9-7-15/h3-5H,2,6-9,14H2,1H3. The van der Waals surface area contributed by atoms with Crippen LogP contribution < -0.4 is 10.5 Å². The number of benzene rings is 1. The molecule has 1 amide bonds.